The summed E-state index contributed by atoms with van der Waals surface area (Å²) in [5, 5.41) is 3.37. The Bertz CT molecular complexity index is 151. The summed E-state index contributed by atoms with van der Waals surface area (Å²) < 4.78 is 10.7. The number of nitrogens with one attached hydrogen (secondary N) is 1. The van der Waals surface area contributed by atoms with Crippen molar-refractivity contribution >= 4 is 0 Å². The predicted molar refractivity (Wildman–Crippen MR) is 56.2 cm³/mol. The molecule has 1 rings (SSSR count). The Balaban J connectivity index is 2.08. The van der Waals surface area contributed by atoms with Crippen molar-refractivity contribution in [1.29, 1.82) is 0 Å². The molecule has 1 aliphatic rings. The average Bonchev–Trinajstić information content (AvgIpc) is 2.59. The zero-order valence-corrected chi connectivity index (χ0v) is 9.16. The quantitative estimate of drug-likeness (QED) is 0.635. The molecule has 0 amide bonds. The highest BCUT2D eigenvalue weighted by Crippen LogP contribution is 2.19. The van der Waals surface area contributed by atoms with E-state index in [0.29, 0.717) is 18.6 Å². The predicted octanol–water partition coefficient (Wildman–Crippen LogP) is -0.0253. The maximum atomic E-state index is 5.52. The summed E-state index contributed by atoms with van der Waals surface area (Å²) in [4.78, 5) is 0. The highest BCUT2D eigenvalue weighted by Gasteiger charge is 2.23. The van der Waals surface area contributed by atoms with E-state index in [9.17, 15) is 0 Å². The van der Waals surface area contributed by atoms with E-state index in [-0.39, 0.29) is 6.10 Å². The largest absolute Gasteiger partial charge is 0.379 e. The number of rotatable bonds is 6. The Labute approximate surface area is 86.1 Å². The second-order valence-corrected chi connectivity index (χ2v) is 3.88. The van der Waals surface area contributed by atoms with Crippen LogP contribution in [0.5, 0.6) is 0 Å². The van der Waals surface area contributed by atoms with Gasteiger partial charge in [0.1, 0.15) is 0 Å². The number of methoxy groups -OCH3 is 1. The van der Waals surface area contributed by atoms with Crippen molar-refractivity contribution in [2.45, 2.75) is 25.6 Å². The molecule has 0 aromatic rings. The Morgan fingerprint density at radius 3 is 2.93 bits per heavy atom. The lowest BCUT2D eigenvalue weighted by atomic mass is 10.0. The molecule has 0 saturated carbocycles. The van der Waals surface area contributed by atoms with E-state index in [0.717, 1.165) is 26.1 Å². The van der Waals surface area contributed by atoms with Gasteiger partial charge in [-0.2, -0.15) is 0 Å². The molecule has 0 radical (unpaired) electrons. The third-order valence-corrected chi connectivity index (χ3v) is 2.91. The molecule has 4 nitrogen and oxygen atoms in total. The van der Waals surface area contributed by atoms with E-state index < -0.39 is 0 Å². The van der Waals surface area contributed by atoms with Crippen LogP contribution in [-0.4, -0.2) is 45.6 Å². The van der Waals surface area contributed by atoms with Gasteiger partial charge in [0, 0.05) is 33.4 Å². The molecule has 1 aliphatic heterocycles. The first-order chi connectivity index (χ1) is 6.77. The lowest BCUT2D eigenvalue weighted by Crippen LogP contribution is -2.37. The molecular formula is C10H22N2O2. The minimum atomic E-state index is 0.132. The normalized spacial score (nSPS) is 29.4. The van der Waals surface area contributed by atoms with E-state index in [2.05, 4.69) is 12.2 Å². The van der Waals surface area contributed by atoms with Gasteiger partial charge >= 0.3 is 0 Å². The van der Waals surface area contributed by atoms with Gasteiger partial charge in [-0.25, -0.2) is 0 Å². The smallest absolute Gasteiger partial charge is 0.0817 e. The summed E-state index contributed by atoms with van der Waals surface area (Å²) in [6, 6.07) is 0. The van der Waals surface area contributed by atoms with Crippen LogP contribution >= 0.6 is 0 Å². The topological polar surface area (TPSA) is 56.5 Å². The fourth-order valence-electron chi connectivity index (χ4n) is 1.74. The molecule has 1 saturated heterocycles. The summed E-state index contributed by atoms with van der Waals surface area (Å²) in [5.74, 6) is 0.644. The van der Waals surface area contributed by atoms with Crippen LogP contribution in [0, 0.1) is 5.92 Å². The van der Waals surface area contributed by atoms with Gasteiger partial charge in [0.05, 0.1) is 12.2 Å². The molecule has 84 valence electrons. The van der Waals surface area contributed by atoms with Crippen LogP contribution in [0.1, 0.15) is 13.3 Å². The van der Waals surface area contributed by atoms with E-state index >= 15 is 0 Å². The van der Waals surface area contributed by atoms with Crippen molar-refractivity contribution in [3.8, 4) is 0 Å². The van der Waals surface area contributed by atoms with E-state index in [1.807, 2.05) is 0 Å². The Morgan fingerprint density at radius 1 is 1.64 bits per heavy atom. The fraction of sp³-hybridized carbons (Fsp3) is 1.00. The van der Waals surface area contributed by atoms with Crippen LogP contribution < -0.4 is 11.1 Å². The summed E-state index contributed by atoms with van der Waals surface area (Å²) in [6.45, 7) is 5.44. The molecule has 0 spiro atoms. The van der Waals surface area contributed by atoms with Gasteiger partial charge in [0.25, 0.3) is 0 Å². The van der Waals surface area contributed by atoms with Crippen LogP contribution in [0.25, 0.3) is 0 Å². The minimum Gasteiger partial charge on any atom is -0.379 e. The summed E-state index contributed by atoms with van der Waals surface area (Å²) in [6.07, 6.45) is 1.68. The molecule has 1 heterocycles. The highest BCUT2D eigenvalue weighted by molar-refractivity contribution is 4.75. The monoisotopic (exact) mass is 202 g/mol. The van der Waals surface area contributed by atoms with Crippen molar-refractivity contribution < 1.29 is 9.47 Å². The van der Waals surface area contributed by atoms with Crippen molar-refractivity contribution in [1.82, 2.24) is 5.32 Å². The Kier molecular flexibility index (Phi) is 5.40. The van der Waals surface area contributed by atoms with Crippen LogP contribution in [0.3, 0.4) is 0 Å². The minimum absolute atomic E-state index is 0.132. The second-order valence-electron chi connectivity index (χ2n) is 3.88. The van der Waals surface area contributed by atoms with E-state index in [1.54, 1.807) is 7.11 Å². The zero-order valence-electron chi connectivity index (χ0n) is 9.16. The van der Waals surface area contributed by atoms with Gasteiger partial charge in [-0.05, 0) is 19.3 Å². The average molecular weight is 202 g/mol. The first-order valence-electron chi connectivity index (χ1n) is 5.33. The molecule has 0 aromatic carbocycles. The number of hydrogen-bond donors (Lipinski definition) is 2. The number of hydrogen-bond acceptors (Lipinski definition) is 4. The zero-order chi connectivity index (χ0) is 10.4. The van der Waals surface area contributed by atoms with Gasteiger partial charge in [-0.1, -0.05) is 0 Å². The molecule has 0 bridgehead atoms. The van der Waals surface area contributed by atoms with Crippen molar-refractivity contribution in [2.75, 3.05) is 33.4 Å². The van der Waals surface area contributed by atoms with Crippen LogP contribution in [0.15, 0.2) is 0 Å². The summed E-state index contributed by atoms with van der Waals surface area (Å²) in [5.41, 5.74) is 5.52. The Morgan fingerprint density at radius 2 is 2.43 bits per heavy atom. The lowest BCUT2D eigenvalue weighted by molar-refractivity contribution is 0.0956. The molecule has 3 atom stereocenters. The van der Waals surface area contributed by atoms with E-state index in [1.165, 1.54) is 0 Å². The molecular weight excluding hydrogens is 180 g/mol. The van der Waals surface area contributed by atoms with Gasteiger partial charge < -0.3 is 20.5 Å². The van der Waals surface area contributed by atoms with Crippen molar-refractivity contribution in [3.63, 3.8) is 0 Å². The van der Waals surface area contributed by atoms with Crippen molar-refractivity contribution in [2.24, 2.45) is 11.7 Å². The van der Waals surface area contributed by atoms with Gasteiger partial charge in [0.2, 0.25) is 0 Å². The third-order valence-electron chi connectivity index (χ3n) is 2.91. The standard InChI is InChI=1S/C10H22N2O2/c1-8-9(3-4-14-8)6-12-7-10(5-11)13-2/h8-10,12H,3-7,11H2,1-2H3. The number of nitrogens with two attached hydrogens (primary N) is 1. The van der Waals surface area contributed by atoms with E-state index in [4.69, 9.17) is 15.2 Å². The summed E-state index contributed by atoms with van der Waals surface area (Å²) >= 11 is 0. The molecule has 0 aromatic heterocycles. The molecule has 3 unspecified atom stereocenters. The first kappa shape index (κ1) is 11.9. The second kappa shape index (κ2) is 6.35. The molecule has 4 heteroatoms. The maximum absolute atomic E-state index is 5.52. The third kappa shape index (κ3) is 3.53. The molecule has 0 aliphatic carbocycles. The van der Waals surface area contributed by atoms with Gasteiger partial charge in [0.15, 0.2) is 0 Å². The van der Waals surface area contributed by atoms with Crippen LogP contribution in [0.2, 0.25) is 0 Å². The number of ether oxygens (including phenoxy) is 2. The van der Waals surface area contributed by atoms with Gasteiger partial charge in [-0.15, -0.1) is 0 Å². The SMILES string of the molecule is COC(CN)CNCC1CCOC1C. The first-order valence-corrected chi connectivity index (χ1v) is 5.33. The van der Waals surface area contributed by atoms with Crippen LogP contribution in [0.4, 0.5) is 0 Å². The fourth-order valence-corrected chi connectivity index (χ4v) is 1.74. The molecule has 1 fully saturated rings. The Hall–Kier alpha value is -0.160. The summed E-state index contributed by atoms with van der Waals surface area (Å²) in [7, 11) is 1.69. The molecule has 3 N–H and O–H groups in total. The maximum Gasteiger partial charge on any atom is 0.0817 e. The van der Waals surface area contributed by atoms with Crippen LogP contribution in [-0.2, 0) is 9.47 Å². The molecule has 14 heavy (non-hydrogen) atoms. The van der Waals surface area contributed by atoms with Gasteiger partial charge in [-0.3, -0.25) is 0 Å². The lowest BCUT2D eigenvalue weighted by Gasteiger charge is -2.18. The highest BCUT2D eigenvalue weighted by atomic mass is 16.5. The van der Waals surface area contributed by atoms with Crippen molar-refractivity contribution in [3.05, 3.63) is 0 Å².